The Morgan fingerprint density at radius 2 is 1.85 bits per heavy atom. The molecule has 0 unspecified atom stereocenters. The zero-order chi connectivity index (χ0) is 19.2. The van der Waals surface area contributed by atoms with E-state index in [0.717, 1.165) is 22.6 Å². The van der Waals surface area contributed by atoms with E-state index >= 15 is 0 Å². The van der Waals surface area contributed by atoms with Gasteiger partial charge in [0.25, 0.3) is 0 Å². The normalized spacial score (nSPS) is 10.7. The molecule has 6 heteroatoms. The van der Waals surface area contributed by atoms with Crippen LogP contribution in [0.25, 0.3) is 16.8 Å². The van der Waals surface area contributed by atoms with E-state index in [1.165, 1.54) is 6.40 Å². The second kappa shape index (κ2) is 8.43. The highest BCUT2D eigenvalue weighted by Gasteiger charge is 2.18. The van der Waals surface area contributed by atoms with Crippen molar-refractivity contribution in [2.24, 2.45) is 4.99 Å². The highest BCUT2D eigenvalue weighted by Crippen LogP contribution is 2.35. The van der Waals surface area contributed by atoms with Gasteiger partial charge in [0.1, 0.15) is 17.4 Å². The van der Waals surface area contributed by atoms with E-state index in [1.807, 2.05) is 54.1 Å². The van der Waals surface area contributed by atoms with Crippen LogP contribution in [0.3, 0.4) is 0 Å². The molecule has 5 nitrogen and oxygen atoms in total. The largest absolute Gasteiger partial charge is 0.497 e. The summed E-state index contributed by atoms with van der Waals surface area (Å²) in [5.74, 6) is 1.25. The predicted octanol–water partition coefficient (Wildman–Crippen LogP) is 5.37. The fourth-order valence-electron chi connectivity index (χ4n) is 2.68. The van der Waals surface area contributed by atoms with Crippen molar-refractivity contribution in [3.8, 4) is 28.6 Å². The Kier molecular flexibility index (Phi) is 5.80. The van der Waals surface area contributed by atoms with Gasteiger partial charge in [-0.1, -0.05) is 23.7 Å². The van der Waals surface area contributed by atoms with Gasteiger partial charge in [0, 0.05) is 22.5 Å². The molecule has 0 N–H and O–H groups in total. The minimum absolute atomic E-state index is 0.462. The molecule has 1 aromatic heterocycles. The quantitative estimate of drug-likeness (QED) is 0.427. The Bertz CT molecular complexity index is 984. The molecule has 0 atom stereocenters. The molecule has 136 valence electrons. The first-order valence-electron chi connectivity index (χ1n) is 8.38. The fourth-order valence-corrected chi connectivity index (χ4v) is 2.81. The average molecular weight is 380 g/mol. The molecule has 1 heterocycles. The minimum Gasteiger partial charge on any atom is -0.497 e. The van der Waals surface area contributed by atoms with Crippen LogP contribution in [0.5, 0.6) is 5.75 Å². The van der Waals surface area contributed by atoms with E-state index in [2.05, 4.69) is 11.1 Å². The maximum absolute atomic E-state index is 9.79. The zero-order valence-electron chi connectivity index (χ0n) is 15.0. The standard InChI is InChI=1S/C21H18ClN3O2/c1-3-27-14-24-21-19(12-23)20(15-4-6-16(22)7-5-15)13-25(21)17-8-10-18(26-2)11-9-17/h4-11,13-14H,3H2,1-2H3/b24-14+. The Hall–Kier alpha value is -3.23. The van der Waals surface area contributed by atoms with Crippen molar-refractivity contribution in [3.05, 3.63) is 65.3 Å². The van der Waals surface area contributed by atoms with Gasteiger partial charge in [-0.3, -0.25) is 4.57 Å². The van der Waals surface area contributed by atoms with Crippen molar-refractivity contribution < 1.29 is 9.47 Å². The third-order valence-electron chi connectivity index (χ3n) is 4.01. The maximum atomic E-state index is 9.79. The lowest BCUT2D eigenvalue weighted by Crippen LogP contribution is -1.93. The average Bonchev–Trinajstić information content (AvgIpc) is 3.07. The van der Waals surface area contributed by atoms with Gasteiger partial charge in [-0.15, -0.1) is 0 Å². The molecule has 0 saturated heterocycles. The molecule has 0 amide bonds. The monoisotopic (exact) mass is 379 g/mol. The van der Waals surface area contributed by atoms with Crippen LogP contribution >= 0.6 is 11.6 Å². The minimum atomic E-state index is 0.462. The lowest BCUT2D eigenvalue weighted by atomic mass is 10.1. The van der Waals surface area contributed by atoms with Crippen molar-refractivity contribution >= 4 is 23.8 Å². The number of aromatic nitrogens is 1. The summed E-state index contributed by atoms with van der Waals surface area (Å²) in [7, 11) is 1.62. The molecule has 2 aromatic carbocycles. The van der Waals surface area contributed by atoms with Gasteiger partial charge in [0.2, 0.25) is 0 Å². The molecule has 0 aliphatic carbocycles. The summed E-state index contributed by atoms with van der Waals surface area (Å²) in [6.45, 7) is 2.37. The molecule has 0 bridgehead atoms. The number of ether oxygens (including phenoxy) is 2. The molecule has 3 rings (SSSR count). The summed E-state index contributed by atoms with van der Waals surface area (Å²) < 4.78 is 12.3. The number of nitrogens with zero attached hydrogens (tertiary/aromatic N) is 3. The number of methoxy groups -OCH3 is 1. The molecular weight excluding hydrogens is 362 g/mol. The van der Waals surface area contributed by atoms with E-state index < -0.39 is 0 Å². The molecule has 3 aromatic rings. The van der Waals surface area contributed by atoms with Crippen molar-refractivity contribution in [2.75, 3.05) is 13.7 Å². The molecule has 0 radical (unpaired) electrons. The second-order valence-electron chi connectivity index (χ2n) is 5.62. The van der Waals surface area contributed by atoms with Crippen molar-refractivity contribution in [3.63, 3.8) is 0 Å². The number of hydrogen-bond donors (Lipinski definition) is 0. The van der Waals surface area contributed by atoms with Crippen molar-refractivity contribution in [1.82, 2.24) is 4.57 Å². The van der Waals surface area contributed by atoms with Crippen molar-refractivity contribution in [1.29, 1.82) is 5.26 Å². The first kappa shape index (κ1) is 18.6. The molecule has 0 saturated carbocycles. The third-order valence-corrected chi connectivity index (χ3v) is 4.27. The Labute approximate surface area is 163 Å². The molecule has 27 heavy (non-hydrogen) atoms. The number of halogens is 1. The van der Waals surface area contributed by atoms with E-state index in [1.54, 1.807) is 19.2 Å². The summed E-state index contributed by atoms with van der Waals surface area (Å²) in [5.41, 5.74) is 2.98. The van der Waals surface area contributed by atoms with Crippen LogP contribution in [-0.2, 0) is 4.74 Å². The highest BCUT2D eigenvalue weighted by atomic mass is 35.5. The molecule has 0 fully saturated rings. The van der Waals surface area contributed by atoms with Crippen LogP contribution in [0.2, 0.25) is 5.02 Å². The van der Waals surface area contributed by atoms with Gasteiger partial charge in [-0.25, -0.2) is 4.99 Å². The topological polar surface area (TPSA) is 59.5 Å². The van der Waals surface area contributed by atoms with Gasteiger partial charge >= 0.3 is 0 Å². The number of nitriles is 1. The van der Waals surface area contributed by atoms with Crippen LogP contribution in [0.4, 0.5) is 5.82 Å². The number of rotatable bonds is 6. The van der Waals surface area contributed by atoms with E-state index in [-0.39, 0.29) is 0 Å². The number of benzene rings is 2. The number of aliphatic imine (C=N–C) groups is 1. The molecule has 0 spiro atoms. The Morgan fingerprint density at radius 3 is 2.44 bits per heavy atom. The lowest BCUT2D eigenvalue weighted by Gasteiger charge is -2.07. The van der Waals surface area contributed by atoms with Gasteiger partial charge in [-0.2, -0.15) is 5.26 Å². The molecule has 0 aliphatic rings. The van der Waals surface area contributed by atoms with E-state index in [0.29, 0.717) is 23.0 Å². The van der Waals surface area contributed by atoms with E-state index in [9.17, 15) is 5.26 Å². The van der Waals surface area contributed by atoms with Gasteiger partial charge in [0.05, 0.1) is 13.7 Å². The fraction of sp³-hybridized carbons (Fsp3) is 0.143. The Morgan fingerprint density at radius 1 is 1.15 bits per heavy atom. The van der Waals surface area contributed by atoms with Crippen molar-refractivity contribution in [2.45, 2.75) is 6.92 Å². The maximum Gasteiger partial charge on any atom is 0.176 e. The first-order valence-corrected chi connectivity index (χ1v) is 8.75. The SMILES string of the molecule is CCO/C=N/c1c(C#N)c(-c2ccc(Cl)cc2)cn1-c1ccc(OC)cc1. The smallest absolute Gasteiger partial charge is 0.176 e. The summed E-state index contributed by atoms with van der Waals surface area (Å²) in [6.07, 6.45) is 3.25. The summed E-state index contributed by atoms with van der Waals surface area (Å²) in [5, 5.41) is 10.4. The van der Waals surface area contributed by atoms with Crippen LogP contribution in [0.15, 0.2) is 59.7 Å². The summed E-state index contributed by atoms with van der Waals surface area (Å²) in [4.78, 5) is 4.39. The van der Waals surface area contributed by atoms with Crippen LogP contribution in [0, 0.1) is 11.3 Å². The van der Waals surface area contributed by atoms with Gasteiger partial charge in [0.15, 0.2) is 12.2 Å². The molecular formula is C21H18ClN3O2. The molecule has 0 aliphatic heterocycles. The number of hydrogen-bond acceptors (Lipinski definition) is 4. The summed E-state index contributed by atoms with van der Waals surface area (Å²) in [6, 6.07) is 17.2. The first-order chi connectivity index (χ1) is 13.2. The zero-order valence-corrected chi connectivity index (χ0v) is 15.8. The summed E-state index contributed by atoms with van der Waals surface area (Å²) >= 11 is 6.00. The third kappa shape index (κ3) is 3.97. The van der Waals surface area contributed by atoms with E-state index in [4.69, 9.17) is 21.1 Å². The highest BCUT2D eigenvalue weighted by molar-refractivity contribution is 6.30. The Balaban J connectivity index is 2.18. The van der Waals surface area contributed by atoms with Crippen LogP contribution in [0.1, 0.15) is 12.5 Å². The van der Waals surface area contributed by atoms with Gasteiger partial charge < -0.3 is 9.47 Å². The van der Waals surface area contributed by atoms with Crippen LogP contribution < -0.4 is 4.74 Å². The lowest BCUT2D eigenvalue weighted by molar-refractivity contribution is 0.344. The van der Waals surface area contributed by atoms with Crippen LogP contribution in [-0.4, -0.2) is 24.7 Å². The second-order valence-corrected chi connectivity index (χ2v) is 6.05. The predicted molar refractivity (Wildman–Crippen MR) is 107 cm³/mol. The van der Waals surface area contributed by atoms with Gasteiger partial charge in [-0.05, 0) is 48.9 Å².